The summed E-state index contributed by atoms with van der Waals surface area (Å²) in [6.45, 7) is 4.08. The zero-order valence-electron chi connectivity index (χ0n) is 11.7. The van der Waals surface area contributed by atoms with E-state index in [1.165, 1.54) is 17.3 Å². The fourth-order valence-electron chi connectivity index (χ4n) is 2.13. The van der Waals surface area contributed by atoms with Crippen LogP contribution in [0.15, 0.2) is 41.4 Å². The van der Waals surface area contributed by atoms with Gasteiger partial charge in [0.15, 0.2) is 4.32 Å². The SMILES string of the molecule is Cc1ccc(N2C(=O)C(=Cc3ccc[nH]3)SC2=S)cc1C. The van der Waals surface area contributed by atoms with Crippen molar-refractivity contribution in [3.8, 4) is 0 Å². The molecule has 1 aliphatic rings. The summed E-state index contributed by atoms with van der Waals surface area (Å²) in [5, 5.41) is 0. The maximum Gasteiger partial charge on any atom is 0.270 e. The first-order chi connectivity index (χ1) is 10.1. The van der Waals surface area contributed by atoms with Gasteiger partial charge < -0.3 is 4.98 Å². The Balaban J connectivity index is 1.95. The van der Waals surface area contributed by atoms with E-state index >= 15 is 0 Å². The first-order valence-electron chi connectivity index (χ1n) is 6.55. The number of carbonyl (C=O) groups is 1. The summed E-state index contributed by atoms with van der Waals surface area (Å²) in [4.78, 5) is 17.9. The number of carbonyl (C=O) groups excluding carboxylic acids is 1. The first kappa shape index (κ1) is 14.1. The standard InChI is InChI=1S/C16H14N2OS2/c1-10-5-6-13(8-11(10)2)18-15(19)14(21-16(18)20)9-12-4-3-7-17-12/h3-9,17H,1-2H3. The zero-order valence-corrected chi connectivity index (χ0v) is 13.3. The Labute approximate surface area is 133 Å². The highest BCUT2D eigenvalue weighted by Crippen LogP contribution is 2.36. The van der Waals surface area contributed by atoms with Gasteiger partial charge in [-0.3, -0.25) is 9.69 Å². The first-order valence-corrected chi connectivity index (χ1v) is 7.77. The second-order valence-electron chi connectivity index (χ2n) is 4.91. The molecule has 0 saturated carbocycles. The molecule has 1 aromatic carbocycles. The number of rotatable bonds is 2. The molecule has 0 spiro atoms. The van der Waals surface area contributed by atoms with Crippen molar-refractivity contribution in [1.29, 1.82) is 0 Å². The number of thioether (sulfide) groups is 1. The number of aromatic amines is 1. The molecule has 0 atom stereocenters. The van der Waals surface area contributed by atoms with Gasteiger partial charge in [0.25, 0.3) is 5.91 Å². The summed E-state index contributed by atoms with van der Waals surface area (Å²) in [6, 6.07) is 9.76. The molecule has 2 heterocycles. The number of anilines is 1. The lowest BCUT2D eigenvalue weighted by Crippen LogP contribution is -2.27. The molecule has 1 N–H and O–H groups in total. The van der Waals surface area contributed by atoms with Crippen LogP contribution in [0.3, 0.4) is 0 Å². The molecule has 1 saturated heterocycles. The fourth-order valence-corrected chi connectivity index (χ4v) is 3.42. The lowest BCUT2D eigenvalue weighted by atomic mass is 10.1. The van der Waals surface area contributed by atoms with Crippen LogP contribution in [-0.2, 0) is 4.79 Å². The Morgan fingerprint density at radius 2 is 2.05 bits per heavy atom. The average molecular weight is 314 g/mol. The number of hydrogen-bond donors (Lipinski definition) is 1. The quantitative estimate of drug-likeness (QED) is 0.671. The summed E-state index contributed by atoms with van der Waals surface area (Å²) in [5.41, 5.74) is 4.08. The van der Waals surface area contributed by atoms with Gasteiger partial charge in [0.2, 0.25) is 0 Å². The van der Waals surface area contributed by atoms with Crippen molar-refractivity contribution in [3.63, 3.8) is 0 Å². The van der Waals surface area contributed by atoms with Crippen LogP contribution < -0.4 is 4.90 Å². The van der Waals surface area contributed by atoms with Crippen molar-refractivity contribution in [2.45, 2.75) is 13.8 Å². The Hall–Kier alpha value is -1.85. The monoisotopic (exact) mass is 314 g/mol. The molecule has 3 rings (SSSR count). The average Bonchev–Trinajstić information content (AvgIpc) is 3.03. The predicted octanol–water partition coefficient (Wildman–Crippen LogP) is 4.04. The summed E-state index contributed by atoms with van der Waals surface area (Å²) < 4.78 is 0.570. The van der Waals surface area contributed by atoms with Crippen LogP contribution >= 0.6 is 24.0 Å². The lowest BCUT2D eigenvalue weighted by molar-refractivity contribution is -0.113. The number of aryl methyl sites for hydroxylation is 2. The van der Waals surface area contributed by atoms with E-state index in [0.29, 0.717) is 9.23 Å². The summed E-state index contributed by atoms with van der Waals surface area (Å²) in [6.07, 6.45) is 3.66. The number of nitrogens with one attached hydrogen (secondary N) is 1. The topological polar surface area (TPSA) is 36.1 Å². The minimum atomic E-state index is -0.0668. The van der Waals surface area contributed by atoms with Crippen LogP contribution in [0.1, 0.15) is 16.8 Å². The molecule has 5 heteroatoms. The normalized spacial score (nSPS) is 17.0. The van der Waals surface area contributed by atoms with Crippen LogP contribution in [0, 0.1) is 13.8 Å². The molecule has 0 bridgehead atoms. The third kappa shape index (κ3) is 2.66. The highest BCUT2D eigenvalue weighted by Gasteiger charge is 2.33. The maximum absolute atomic E-state index is 12.6. The highest BCUT2D eigenvalue weighted by atomic mass is 32.2. The van der Waals surface area contributed by atoms with Crippen molar-refractivity contribution in [2.75, 3.05) is 4.90 Å². The molecular weight excluding hydrogens is 300 g/mol. The van der Waals surface area contributed by atoms with E-state index in [9.17, 15) is 4.79 Å². The molecule has 106 valence electrons. The molecule has 0 radical (unpaired) electrons. The maximum atomic E-state index is 12.6. The van der Waals surface area contributed by atoms with Crippen molar-refractivity contribution < 1.29 is 4.79 Å². The van der Waals surface area contributed by atoms with E-state index in [1.54, 1.807) is 4.90 Å². The molecule has 0 aliphatic carbocycles. The van der Waals surface area contributed by atoms with Crippen molar-refractivity contribution in [2.24, 2.45) is 0 Å². The van der Waals surface area contributed by atoms with Crippen molar-refractivity contribution in [3.05, 3.63) is 58.3 Å². The van der Waals surface area contributed by atoms with Gasteiger partial charge in [0.05, 0.1) is 10.6 Å². The largest absolute Gasteiger partial charge is 0.362 e. The van der Waals surface area contributed by atoms with Gasteiger partial charge in [-0.25, -0.2) is 0 Å². The highest BCUT2D eigenvalue weighted by molar-refractivity contribution is 8.27. The molecule has 1 aliphatic heterocycles. The van der Waals surface area contributed by atoms with E-state index < -0.39 is 0 Å². The number of amides is 1. The van der Waals surface area contributed by atoms with E-state index in [2.05, 4.69) is 11.9 Å². The second-order valence-corrected chi connectivity index (χ2v) is 6.59. The van der Waals surface area contributed by atoms with E-state index in [1.807, 2.05) is 49.5 Å². The minimum Gasteiger partial charge on any atom is -0.362 e. The van der Waals surface area contributed by atoms with Gasteiger partial charge in [-0.2, -0.15) is 0 Å². The molecule has 1 aromatic heterocycles. The Morgan fingerprint density at radius 1 is 1.24 bits per heavy atom. The molecule has 3 nitrogen and oxygen atoms in total. The van der Waals surface area contributed by atoms with Crippen molar-refractivity contribution >= 4 is 46.0 Å². The van der Waals surface area contributed by atoms with Crippen LogP contribution in [0.2, 0.25) is 0 Å². The zero-order chi connectivity index (χ0) is 15.0. The number of benzene rings is 1. The van der Waals surface area contributed by atoms with Crippen LogP contribution in [0.25, 0.3) is 6.08 Å². The Morgan fingerprint density at radius 3 is 2.71 bits per heavy atom. The van der Waals surface area contributed by atoms with Gasteiger partial charge in [0.1, 0.15) is 0 Å². The van der Waals surface area contributed by atoms with Gasteiger partial charge in [-0.1, -0.05) is 30.0 Å². The molecular formula is C16H14N2OS2. The number of hydrogen-bond acceptors (Lipinski definition) is 3. The molecule has 1 amide bonds. The number of nitrogens with zero attached hydrogens (tertiary/aromatic N) is 1. The Bertz CT molecular complexity index is 748. The summed E-state index contributed by atoms with van der Waals surface area (Å²) in [7, 11) is 0. The van der Waals surface area contributed by atoms with Gasteiger partial charge in [0, 0.05) is 11.9 Å². The fraction of sp³-hybridized carbons (Fsp3) is 0.125. The Kier molecular flexibility index (Phi) is 3.69. The second kappa shape index (κ2) is 5.50. The predicted molar refractivity (Wildman–Crippen MR) is 92.4 cm³/mol. The van der Waals surface area contributed by atoms with E-state index in [4.69, 9.17) is 12.2 Å². The third-order valence-corrected chi connectivity index (χ3v) is 4.75. The van der Waals surface area contributed by atoms with Gasteiger partial charge >= 0.3 is 0 Å². The van der Waals surface area contributed by atoms with Crippen LogP contribution in [0.5, 0.6) is 0 Å². The number of thiocarbonyl (C=S) groups is 1. The van der Waals surface area contributed by atoms with Gasteiger partial charge in [-0.15, -0.1) is 0 Å². The van der Waals surface area contributed by atoms with E-state index in [-0.39, 0.29) is 5.91 Å². The lowest BCUT2D eigenvalue weighted by Gasteiger charge is -2.15. The van der Waals surface area contributed by atoms with Crippen LogP contribution in [0.4, 0.5) is 5.69 Å². The minimum absolute atomic E-state index is 0.0668. The summed E-state index contributed by atoms with van der Waals surface area (Å²) in [5.74, 6) is -0.0668. The summed E-state index contributed by atoms with van der Waals surface area (Å²) >= 11 is 6.70. The number of H-pyrrole nitrogens is 1. The third-order valence-electron chi connectivity index (χ3n) is 3.45. The molecule has 0 unspecified atom stereocenters. The molecule has 21 heavy (non-hydrogen) atoms. The smallest absolute Gasteiger partial charge is 0.270 e. The van der Waals surface area contributed by atoms with E-state index in [0.717, 1.165) is 16.9 Å². The van der Waals surface area contributed by atoms with Crippen molar-refractivity contribution in [1.82, 2.24) is 4.98 Å². The van der Waals surface area contributed by atoms with Crippen LogP contribution in [-0.4, -0.2) is 15.2 Å². The molecule has 2 aromatic rings. The number of aromatic nitrogens is 1. The molecule has 1 fully saturated rings. The van der Waals surface area contributed by atoms with Gasteiger partial charge in [-0.05, 0) is 55.3 Å².